The van der Waals surface area contributed by atoms with E-state index in [1.165, 1.54) is 39.8 Å². The molecule has 546 valence electrons. The lowest BCUT2D eigenvalue weighted by Gasteiger charge is -2.30. The zero-order valence-corrected chi connectivity index (χ0v) is 60.7. The number of alkyl halides is 12. The van der Waals surface area contributed by atoms with Crippen LogP contribution in [0.1, 0.15) is 97.2 Å². The van der Waals surface area contributed by atoms with Crippen molar-refractivity contribution in [3.8, 4) is 145 Å². The summed E-state index contributed by atoms with van der Waals surface area (Å²) in [5.41, 5.74) is 12.0. The van der Waals surface area contributed by atoms with Gasteiger partial charge in [0.05, 0.1) is 0 Å². The van der Waals surface area contributed by atoms with E-state index in [0.717, 1.165) is 55.6 Å². The molecule has 19 rings (SSSR count). The van der Waals surface area contributed by atoms with E-state index in [4.69, 9.17) is 0 Å². The molecule has 0 spiro atoms. The SMILES string of the molecule is CC1(C)c2cc(-c3ccc(-c4ccc5c(c4)C(C)(C(F)(F)F)c4cc(-c6ccc(-c7ccc8c(c7)C(C)(C(F)(F)F)c7ccccc7-8)cc6)ccc4-5)cc3)ccc2-c2ccc(-c3ccc(-c4ccc5c(c4)C(C)(C(F)(F)F)c4cc(-c6ccc(-c7ccc8c(c7)C(C)(C(F)(F)F)c7ccccc7-8)cc6)ccc4-5)cc3)cc21. The van der Waals surface area contributed by atoms with Crippen LogP contribution in [0.25, 0.3) is 145 Å². The third-order valence-corrected chi connectivity index (χ3v) is 25.6. The standard InChI is InChI=1S/C99H66F12/c1-91(2)83-47-63(55-15-19-59(20-16-55)67-35-43-77-79-45-37-69(53-89(79)94(5,87(77)51-67)98(106,107)108)61-27-23-57(24-28-61)65-33-41-75-71-11-7-9-13-81(71)92(3,85(75)49-65)96(100,101)102)31-39-73(83)74-40-32-64(48-84(74)91)56-17-21-60(22-18-56)68-36-44-78-80-46-38-70(54-90(80)95(6,88(78)52-68)99(109,110)111)62-29-25-58(26-30-62)66-34-42-76-72-12-8-10-14-82(72)93(4,86(76)50-66)97(103,104)105/h7-54H,1-6H3. The van der Waals surface area contributed by atoms with E-state index in [0.29, 0.717) is 100 Å². The minimum absolute atomic E-state index is 0.135. The van der Waals surface area contributed by atoms with Crippen LogP contribution in [-0.4, -0.2) is 24.7 Å². The fourth-order valence-electron chi connectivity index (χ4n) is 18.9. The van der Waals surface area contributed by atoms with E-state index in [2.05, 4.69) is 50.2 Å². The molecule has 12 heteroatoms. The molecule has 0 heterocycles. The van der Waals surface area contributed by atoms with Gasteiger partial charge in [-0.15, -0.1) is 0 Å². The molecular formula is C99H66F12. The molecular weight excluding hydrogens is 1420 g/mol. The second-order valence-electron chi connectivity index (χ2n) is 31.6. The minimum Gasteiger partial charge on any atom is -0.170 e. The Morgan fingerprint density at radius 1 is 0.153 bits per heavy atom. The molecule has 0 amide bonds. The molecule has 0 bridgehead atoms. The maximum atomic E-state index is 15.9. The summed E-state index contributed by atoms with van der Waals surface area (Å²) < 4.78 is 185. The summed E-state index contributed by atoms with van der Waals surface area (Å²) in [5, 5.41) is 0. The fourth-order valence-corrected chi connectivity index (χ4v) is 18.9. The van der Waals surface area contributed by atoms with Gasteiger partial charge in [-0.05, 0) is 277 Å². The zero-order chi connectivity index (χ0) is 77.2. The van der Waals surface area contributed by atoms with Crippen LogP contribution in [0.5, 0.6) is 0 Å². The Kier molecular flexibility index (Phi) is 14.8. The van der Waals surface area contributed by atoms with Crippen LogP contribution in [0.15, 0.2) is 291 Å². The first-order valence-electron chi connectivity index (χ1n) is 36.9. The molecule has 4 unspecified atom stereocenters. The maximum absolute atomic E-state index is 15.9. The monoisotopic (exact) mass is 1480 g/mol. The lowest BCUT2D eigenvalue weighted by molar-refractivity contribution is -0.172. The van der Waals surface area contributed by atoms with Gasteiger partial charge in [0.1, 0.15) is 21.7 Å². The molecule has 111 heavy (non-hydrogen) atoms. The lowest BCUT2D eigenvalue weighted by atomic mass is 9.78. The van der Waals surface area contributed by atoms with Crippen LogP contribution >= 0.6 is 0 Å². The van der Waals surface area contributed by atoms with Crippen molar-refractivity contribution >= 4 is 0 Å². The highest BCUT2D eigenvalue weighted by molar-refractivity contribution is 5.93. The van der Waals surface area contributed by atoms with Gasteiger partial charge in [0, 0.05) is 5.41 Å². The van der Waals surface area contributed by atoms with Crippen molar-refractivity contribution < 1.29 is 52.7 Å². The van der Waals surface area contributed by atoms with Gasteiger partial charge >= 0.3 is 24.7 Å². The molecule has 14 aromatic rings. The van der Waals surface area contributed by atoms with E-state index in [9.17, 15) is 26.3 Å². The van der Waals surface area contributed by atoms with Gasteiger partial charge in [-0.1, -0.05) is 257 Å². The predicted molar refractivity (Wildman–Crippen MR) is 419 cm³/mol. The van der Waals surface area contributed by atoms with Crippen molar-refractivity contribution in [2.45, 2.75) is 93.3 Å². The largest absolute Gasteiger partial charge is 0.402 e. The van der Waals surface area contributed by atoms with Gasteiger partial charge in [-0.3, -0.25) is 0 Å². The Balaban J connectivity index is 0.544. The van der Waals surface area contributed by atoms with Crippen LogP contribution in [0.4, 0.5) is 52.7 Å². The average molecular weight is 1480 g/mol. The fraction of sp³-hybridized carbons (Fsp3) is 0.152. The first kappa shape index (κ1) is 69.7. The van der Waals surface area contributed by atoms with Gasteiger partial charge in [0.15, 0.2) is 0 Å². The highest BCUT2D eigenvalue weighted by Crippen LogP contribution is 2.63. The summed E-state index contributed by atoms with van der Waals surface area (Å²) in [6, 6.07) is 87.5. The Hall–Kier alpha value is -11.8. The molecule has 4 atom stereocenters. The van der Waals surface area contributed by atoms with Crippen molar-refractivity contribution in [1.29, 1.82) is 0 Å². The van der Waals surface area contributed by atoms with Gasteiger partial charge in [-0.25, -0.2) is 0 Å². The minimum atomic E-state index is -4.68. The van der Waals surface area contributed by atoms with Crippen molar-refractivity contribution in [2.75, 3.05) is 0 Å². The Morgan fingerprint density at radius 2 is 0.288 bits per heavy atom. The van der Waals surface area contributed by atoms with Crippen LogP contribution in [-0.2, 0) is 27.1 Å². The van der Waals surface area contributed by atoms with E-state index in [1.807, 2.05) is 72.8 Å². The number of halogens is 12. The van der Waals surface area contributed by atoms with Crippen LogP contribution in [0.3, 0.4) is 0 Å². The van der Waals surface area contributed by atoms with Crippen molar-refractivity contribution in [1.82, 2.24) is 0 Å². The molecule has 0 aliphatic heterocycles. The summed E-state index contributed by atoms with van der Waals surface area (Å²) in [6.45, 7) is 9.32. The topological polar surface area (TPSA) is 0 Å². The first-order chi connectivity index (χ1) is 52.8. The highest BCUT2D eigenvalue weighted by atomic mass is 19.4. The number of rotatable bonds is 8. The summed E-state index contributed by atoms with van der Waals surface area (Å²) in [7, 11) is 0. The number of benzene rings is 14. The summed E-state index contributed by atoms with van der Waals surface area (Å²) >= 11 is 0. The summed E-state index contributed by atoms with van der Waals surface area (Å²) in [6.07, 6.45) is -18.5. The quantitative estimate of drug-likeness (QED) is 0.133. The molecule has 0 nitrogen and oxygen atoms in total. The lowest BCUT2D eigenvalue weighted by Crippen LogP contribution is -2.38. The third kappa shape index (κ3) is 9.96. The van der Waals surface area contributed by atoms with E-state index < -0.39 is 51.8 Å². The molecule has 0 aromatic heterocycles. The molecule has 0 N–H and O–H groups in total. The number of fused-ring (bicyclic) bond motifs is 15. The Labute approximate surface area is 634 Å². The van der Waals surface area contributed by atoms with Crippen molar-refractivity contribution in [3.63, 3.8) is 0 Å². The van der Waals surface area contributed by atoms with Crippen LogP contribution in [0.2, 0.25) is 0 Å². The van der Waals surface area contributed by atoms with Gasteiger partial charge < -0.3 is 0 Å². The Bertz CT molecular complexity index is 5890. The van der Waals surface area contributed by atoms with Crippen molar-refractivity contribution in [2.24, 2.45) is 0 Å². The maximum Gasteiger partial charge on any atom is 0.402 e. The van der Waals surface area contributed by atoms with Crippen LogP contribution < -0.4 is 0 Å². The molecule has 0 radical (unpaired) electrons. The van der Waals surface area contributed by atoms with Crippen molar-refractivity contribution in [3.05, 3.63) is 347 Å². The second kappa shape index (κ2) is 23.6. The Morgan fingerprint density at radius 3 is 0.468 bits per heavy atom. The molecule has 5 aliphatic rings. The molecule has 5 aliphatic carbocycles. The predicted octanol–water partition coefficient (Wildman–Crippen LogP) is 28.7. The average Bonchev–Trinajstić information content (AvgIpc) is 1.56. The first-order valence-corrected chi connectivity index (χ1v) is 36.9. The van der Waals surface area contributed by atoms with E-state index >= 15 is 26.3 Å². The van der Waals surface area contributed by atoms with Gasteiger partial charge in [0.2, 0.25) is 0 Å². The molecule has 0 saturated heterocycles. The van der Waals surface area contributed by atoms with E-state index in [1.54, 1.807) is 170 Å². The van der Waals surface area contributed by atoms with E-state index in [-0.39, 0.29) is 44.5 Å². The van der Waals surface area contributed by atoms with Gasteiger partial charge in [-0.2, -0.15) is 52.7 Å². The molecule has 14 aromatic carbocycles. The zero-order valence-electron chi connectivity index (χ0n) is 60.7. The number of hydrogen-bond donors (Lipinski definition) is 0. The molecule has 0 saturated carbocycles. The summed E-state index contributed by atoms with van der Waals surface area (Å²) in [4.78, 5) is 0. The van der Waals surface area contributed by atoms with Gasteiger partial charge in [0.25, 0.3) is 0 Å². The highest BCUT2D eigenvalue weighted by Gasteiger charge is 2.62. The third-order valence-electron chi connectivity index (χ3n) is 25.6. The summed E-state index contributed by atoms with van der Waals surface area (Å²) in [5.74, 6) is 0. The normalized spacial score (nSPS) is 19.3. The van der Waals surface area contributed by atoms with Crippen LogP contribution in [0, 0.1) is 0 Å². The molecule has 0 fully saturated rings. The number of hydrogen-bond acceptors (Lipinski definition) is 0. The smallest absolute Gasteiger partial charge is 0.170 e. The second-order valence-corrected chi connectivity index (χ2v) is 31.6.